The maximum atomic E-state index is 11.5. The Balaban J connectivity index is 2.32. The Bertz CT molecular complexity index is 486. The summed E-state index contributed by atoms with van der Waals surface area (Å²) in [5, 5.41) is 0. The van der Waals surface area contributed by atoms with Crippen molar-refractivity contribution in [2.75, 3.05) is 7.11 Å². The molecule has 1 heterocycles. The average Bonchev–Trinajstić information content (AvgIpc) is 2.79. The van der Waals surface area contributed by atoms with Gasteiger partial charge in [0.05, 0.1) is 12.8 Å². The van der Waals surface area contributed by atoms with Gasteiger partial charge in [-0.15, -0.1) is 4.40 Å². The van der Waals surface area contributed by atoms with Crippen molar-refractivity contribution in [1.82, 2.24) is 4.72 Å². The Morgan fingerprint density at radius 3 is 2.71 bits per heavy atom. The molecule has 17 heavy (non-hydrogen) atoms. The molecule has 2 rings (SSSR count). The van der Waals surface area contributed by atoms with E-state index in [1.807, 2.05) is 0 Å². The van der Waals surface area contributed by atoms with Crippen LogP contribution in [0.25, 0.3) is 0 Å². The standard InChI is InChI=1S/C10H14N2O4S/c1-16-10(13)9-6-8(7-4-2-3-5-7)11-17(14,15)12-9/h6-7,12H,2-5H2,1H3. The minimum atomic E-state index is -3.80. The average molecular weight is 258 g/mol. The molecular formula is C10H14N2O4S. The molecule has 7 heteroatoms. The van der Waals surface area contributed by atoms with Crippen LogP contribution in [-0.2, 0) is 19.7 Å². The lowest BCUT2D eigenvalue weighted by molar-refractivity contribution is -0.136. The maximum absolute atomic E-state index is 11.5. The summed E-state index contributed by atoms with van der Waals surface area (Å²) in [7, 11) is -2.60. The molecule has 1 saturated carbocycles. The molecule has 0 amide bonds. The van der Waals surface area contributed by atoms with E-state index in [2.05, 4.69) is 13.9 Å². The summed E-state index contributed by atoms with van der Waals surface area (Å²) in [5.41, 5.74) is 0.394. The number of esters is 1. The first-order chi connectivity index (χ1) is 8.02. The molecule has 1 aliphatic carbocycles. The number of nitrogens with zero attached hydrogens (tertiary/aromatic N) is 1. The van der Waals surface area contributed by atoms with E-state index in [4.69, 9.17) is 0 Å². The predicted molar refractivity (Wildman–Crippen MR) is 61.5 cm³/mol. The Morgan fingerprint density at radius 2 is 2.12 bits per heavy atom. The van der Waals surface area contributed by atoms with E-state index in [1.165, 1.54) is 13.2 Å². The molecule has 94 valence electrons. The summed E-state index contributed by atoms with van der Waals surface area (Å²) in [6.45, 7) is 0. The smallest absolute Gasteiger partial charge is 0.355 e. The predicted octanol–water partition coefficient (Wildman–Crippen LogP) is 0.522. The summed E-state index contributed by atoms with van der Waals surface area (Å²) in [5.74, 6) is -0.564. The van der Waals surface area contributed by atoms with Crippen molar-refractivity contribution >= 4 is 21.9 Å². The summed E-state index contributed by atoms with van der Waals surface area (Å²) >= 11 is 0. The molecule has 0 aromatic carbocycles. The number of allylic oxidation sites excluding steroid dienone is 1. The highest BCUT2D eigenvalue weighted by atomic mass is 32.2. The van der Waals surface area contributed by atoms with Gasteiger partial charge in [-0.25, -0.2) is 4.79 Å². The van der Waals surface area contributed by atoms with Gasteiger partial charge in [-0.2, -0.15) is 8.42 Å². The molecule has 0 radical (unpaired) electrons. The molecule has 0 bridgehead atoms. The third-order valence-electron chi connectivity index (χ3n) is 2.94. The van der Waals surface area contributed by atoms with E-state index in [1.54, 1.807) is 0 Å². The van der Waals surface area contributed by atoms with Crippen LogP contribution in [0, 0.1) is 5.92 Å². The van der Waals surface area contributed by atoms with E-state index in [9.17, 15) is 13.2 Å². The van der Waals surface area contributed by atoms with Crippen LogP contribution in [0.4, 0.5) is 0 Å². The number of rotatable bonds is 2. The van der Waals surface area contributed by atoms with Crippen LogP contribution in [0.5, 0.6) is 0 Å². The van der Waals surface area contributed by atoms with Crippen LogP contribution < -0.4 is 4.72 Å². The first kappa shape index (κ1) is 12.1. The summed E-state index contributed by atoms with van der Waals surface area (Å²) in [4.78, 5) is 11.3. The molecule has 0 aromatic rings. The van der Waals surface area contributed by atoms with Crippen molar-refractivity contribution in [3.63, 3.8) is 0 Å². The van der Waals surface area contributed by atoms with E-state index in [0.717, 1.165) is 25.7 Å². The van der Waals surface area contributed by atoms with Gasteiger partial charge < -0.3 is 4.74 Å². The highest BCUT2D eigenvalue weighted by molar-refractivity contribution is 7.88. The van der Waals surface area contributed by atoms with Crippen molar-refractivity contribution in [1.29, 1.82) is 0 Å². The zero-order chi connectivity index (χ0) is 12.5. The van der Waals surface area contributed by atoms with E-state index < -0.39 is 16.2 Å². The number of carbonyl (C=O) groups excluding carboxylic acids is 1. The van der Waals surface area contributed by atoms with Crippen molar-refractivity contribution in [2.24, 2.45) is 10.3 Å². The fourth-order valence-electron chi connectivity index (χ4n) is 2.13. The molecule has 0 aromatic heterocycles. The first-order valence-corrected chi connectivity index (χ1v) is 6.88. The van der Waals surface area contributed by atoms with Gasteiger partial charge in [-0.1, -0.05) is 12.8 Å². The molecule has 6 nitrogen and oxygen atoms in total. The Labute approximate surface area is 99.9 Å². The normalized spacial score (nSPS) is 23.6. The molecule has 1 N–H and O–H groups in total. The lowest BCUT2D eigenvalue weighted by Crippen LogP contribution is -2.33. The summed E-state index contributed by atoms with van der Waals surface area (Å²) in [6.07, 6.45) is 5.44. The van der Waals surface area contributed by atoms with Gasteiger partial charge in [0.2, 0.25) is 0 Å². The highest BCUT2D eigenvalue weighted by Gasteiger charge is 2.28. The number of methoxy groups -OCH3 is 1. The van der Waals surface area contributed by atoms with E-state index in [0.29, 0.717) is 5.71 Å². The lowest BCUT2D eigenvalue weighted by Gasteiger charge is -2.17. The second-order valence-electron chi connectivity index (χ2n) is 4.12. The molecule has 2 aliphatic rings. The second-order valence-corrected chi connectivity index (χ2v) is 5.46. The molecule has 1 aliphatic heterocycles. The molecule has 1 fully saturated rings. The zero-order valence-corrected chi connectivity index (χ0v) is 10.3. The molecule has 0 saturated heterocycles. The Morgan fingerprint density at radius 1 is 1.47 bits per heavy atom. The van der Waals surface area contributed by atoms with Crippen LogP contribution in [0.1, 0.15) is 25.7 Å². The maximum Gasteiger partial charge on any atom is 0.355 e. The number of carbonyl (C=O) groups is 1. The van der Waals surface area contributed by atoms with Gasteiger partial charge >= 0.3 is 16.2 Å². The number of hydrogen-bond acceptors (Lipinski definition) is 4. The third-order valence-corrected chi connectivity index (χ3v) is 3.86. The van der Waals surface area contributed by atoms with Gasteiger partial charge in [0.25, 0.3) is 0 Å². The molecule has 0 unspecified atom stereocenters. The highest BCUT2D eigenvalue weighted by Crippen LogP contribution is 2.28. The fraction of sp³-hybridized carbons (Fsp3) is 0.600. The quantitative estimate of drug-likeness (QED) is 0.732. The second kappa shape index (κ2) is 4.48. The largest absolute Gasteiger partial charge is 0.464 e. The number of hydrogen-bond donors (Lipinski definition) is 1. The van der Waals surface area contributed by atoms with Gasteiger partial charge in [0.1, 0.15) is 5.70 Å². The summed E-state index contributed by atoms with van der Waals surface area (Å²) in [6, 6.07) is 0. The molecular weight excluding hydrogens is 244 g/mol. The topological polar surface area (TPSA) is 84.8 Å². The van der Waals surface area contributed by atoms with Gasteiger partial charge in [0, 0.05) is 5.92 Å². The SMILES string of the molecule is COC(=O)C1=CC(C2CCCC2)=NS(=O)(=O)N1. The summed E-state index contributed by atoms with van der Waals surface area (Å²) < 4.78 is 33.2. The lowest BCUT2D eigenvalue weighted by atomic mass is 10.0. The minimum Gasteiger partial charge on any atom is -0.464 e. The number of ether oxygens (including phenoxy) is 1. The molecule has 0 spiro atoms. The molecule has 0 atom stereocenters. The van der Waals surface area contributed by atoms with Gasteiger partial charge in [-0.3, -0.25) is 4.72 Å². The van der Waals surface area contributed by atoms with Crippen LogP contribution in [0.15, 0.2) is 16.2 Å². The third kappa shape index (κ3) is 2.66. The van der Waals surface area contributed by atoms with Crippen LogP contribution in [0.2, 0.25) is 0 Å². The first-order valence-electron chi connectivity index (χ1n) is 5.44. The van der Waals surface area contributed by atoms with Crippen LogP contribution >= 0.6 is 0 Å². The van der Waals surface area contributed by atoms with Crippen molar-refractivity contribution in [3.8, 4) is 0 Å². The van der Waals surface area contributed by atoms with Crippen molar-refractivity contribution < 1.29 is 17.9 Å². The van der Waals surface area contributed by atoms with E-state index >= 15 is 0 Å². The fourth-order valence-corrected chi connectivity index (χ4v) is 3.07. The monoisotopic (exact) mass is 258 g/mol. The Hall–Kier alpha value is -1.37. The van der Waals surface area contributed by atoms with E-state index in [-0.39, 0.29) is 11.6 Å². The Kier molecular flexibility index (Phi) is 3.19. The number of nitrogens with one attached hydrogen (secondary N) is 1. The van der Waals surface area contributed by atoms with Gasteiger partial charge in [0.15, 0.2) is 0 Å². The minimum absolute atomic E-state index is 0.0654. The zero-order valence-electron chi connectivity index (χ0n) is 9.47. The van der Waals surface area contributed by atoms with Crippen LogP contribution in [0.3, 0.4) is 0 Å². The van der Waals surface area contributed by atoms with Crippen LogP contribution in [-0.4, -0.2) is 27.2 Å². The van der Waals surface area contributed by atoms with Gasteiger partial charge in [-0.05, 0) is 18.9 Å². The van der Waals surface area contributed by atoms with Crippen molar-refractivity contribution in [2.45, 2.75) is 25.7 Å². The van der Waals surface area contributed by atoms with Crippen molar-refractivity contribution in [3.05, 3.63) is 11.8 Å².